The number of ether oxygens (including phenoxy) is 3. The third kappa shape index (κ3) is 4.75. The van der Waals surface area contributed by atoms with Crippen LogP contribution in [0.25, 0.3) is 0 Å². The maximum atomic E-state index is 6.67. The highest BCUT2D eigenvalue weighted by molar-refractivity contribution is 7.15. The van der Waals surface area contributed by atoms with Crippen LogP contribution in [0.15, 0.2) is 48.7 Å². The summed E-state index contributed by atoms with van der Waals surface area (Å²) >= 11 is 8.36. The van der Waals surface area contributed by atoms with Crippen molar-refractivity contribution in [3.05, 3.63) is 69.7 Å². The van der Waals surface area contributed by atoms with Gasteiger partial charge in [-0.25, -0.2) is 4.98 Å². The molecule has 0 bridgehead atoms. The molecule has 2 fully saturated rings. The molecule has 184 valence electrons. The number of nitrogens with one attached hydrogen (secondary N) is 2. The SMILES string of the molecule is CC1(C)CC(NC(c2cnc(NC3(c4ccc5c(c4)OCO5)CC3)s2)c2ccccc2Cl)CCO1. The average Bonchev–Trinajstić information content (AvgIpc) is 3.23. The molecule has 3 aliphatic rings. The van der Waals surface area contributed by atoms with E-state index in [0.717, 1.165) is 64.4 Å². The molecule has 3 heterocycles. The van der Waals surface area contributed by atoms with E-state index in [4.69, 9.17) is 30.8 Å². The largest absolute Gasteiger partial charge is 0.454 e. The molecule has 0 radical (unpaired) electrons. The van der Waals surface area contributed by atoms with Gasteiger partial charge in [0.05, 0.1) is 17.2 Å². The molecule has 6 rings (SSSR count). The van der Waals surface area contributed by atoms with Gasteiger partial charge >= 0.3 is 0 Å². The van der Waals surface area contributed by atoms with Gasteiger partial charge < -0.3 is 24.8 Å². The molecule has 1 saturated carbocycles. The lowest BCUT2D eigenvalue weighted by Gasteiger charge is -2.37. The van der Waals surface area contributed by atoms with Crippen LogP contribution in [0.2, 0.25) is 5.02 Å². The number of anilines is 1. The number of hydrogen-bond donors (Lipinski definition) is 2. The third-order valence-electron chi connectivity index (χ3n) is 7.15. The van der Waals surface area contributed by atoms with E-state index >= 15 is 0 Å². The predicted octanol–water partition coefficient (Wildman–Crippen LogP) is 6.26. The second-order valence-corrected chi connectivity index (χ2v) is 11.7. The molecule has 2 N–H and O–H groups in total. The number of halogens is 1. The normalized spacial score (nSPS) is 22.5. The van der Waals surface area contributed by atoms with Gasteiger partial charge in [-0.15, -0.1) is 11.3 Å². The number of nitrogens with zero attached hydrogens (tertiary/aromatic N) is 1. The molecule has 2 aliphatic heterocycles. The quantitative estimate of drug-likeness (QED) is 0.390. The molecule has 0 spiro atoms. The van der Waals surface area contributed by atoms with Crippen molar-refractivity contribution >= 4 is 28.1 Å². The minimum Gasteiger partial charge on any atom is -0.454 e. The van der Waals surface area contributed by atoms with E-state index in [1.165, 1.54) is 5.56 Å². The van der Waals surface area contributed by atoms with Gasteiger partial charge in [0, 0.05) is 28.7 Å². The van der Waals surface area contributed by atoms with Gasteiger partial charge in [-0.05, 0) is 68.9 Å². The Morgan fingerprint density at radius 3 is 2.74 bits per heavy atom. The van der Waals surface area contributed by atoms with Crippen molar-refractivity contribution in [3.8, 4) is 11.5 Å². The monoisotopic (exact) mass is 511 g/mol. The Morgan fingerprint density at radius 1 is 1.11 bits per heavy atom. The van der Waals surface area contributed by atoms with Crippen molar-refractivity contribution in [3.63, 3.8) is 0 Å². The highest BCUT2D eigenvalue weighted by Gasteiger charge is 2.45. The number of benzene rings is 2. The molecule has 8 heteroatoms. The molecule has 1 aromatic heterocycles. The van der Waals surface area contributed by atoms with Crippen LogP contribution in [0.3, 0.4) is 0 Å². The summed E-state index contributed by atoms with van der Waals surface area (Å²) in [6.45, 7) is 5.36. The Balaban J connectivity index is 1.25. The Morgan fingerprint density at radius 2 is 1.94 bits per heavy atom. The Kier molecular flexibility index (Phi) is 5.92. The number of hydrogen-bond acceptors (Lipinski definition) is 7. The van der Waals surface area contributed by atoms with E-state index in [1.807, 2.05) is 30.5 Å². The standard InChI is InChI=1S/C27H30ClN3O3S/c1-26(2)14-18(9-12-34-26)30-24(19-5-3-4-6-20(19)28)23-15-29-25(35-23)31-27(10-11-27)17-7-8-21-22(13-17)33-16-32-21/h3-8,13,15,18,24,30H,9-12,14,16H2,1-2H3,(H,29,31). The zero-order valence-electron chi connectivity index (χ0n) is 20.0. The summed E-state index contributed by atoms with van der Waals surface area (Å²) in [7, 11) is 0. The molecule has 6 nitrogen and oxygen atoms in total. The maximum Gasteiger partial charge on any atom is 0.231 e. The van der Waals surface area contributed by atoms with Crippen LogP contribution < -0.4 is 20.1 Å². The van der Waals surface area contributed by atoms with E-state index in [0.29, 0.717) is 6.04 Å². The highest BCUT2D eigenvalue weighted by atomic mass is 35.5. The summed E-state index contributed by atoms with van der Waals surface area (Å²) in [4.78, 5) is 5.93. The van der Waals surface area contributed by atoms with Gasteiger partial charge in [0.25, 0.3) is 0 Å². The summed E-state index contributed by atoms with van der Waals surface area (Å²) in [6.07, 6.45) is 6.02. The molecule has 1 saturated heterocycles. The van der Waals surface area contributed by atoms with Crippen molar-refractivity contribution < 1.29 is 14.2 Å². The number of thiazole rings is 1. The van der Waals surface area contributed by atoms with Crippen LogP contribution >= 0.6 is 22.9 Å². The lowest BCUT2D eigenvalue weighted by Crippen LogP contribution is -2.45. The van der Waals surface area contributed by atoms with E-state index in [-0.39, 0.29) is 24.0 Å². The number of aromatic nitrogens is 1. The average molecular weight is 512 g/mol. The molecule has 3 aromatic rings. The van der Waals surface area contributed by atoms with Gasteiger partial charge in [-0.2, -0.15) is 0 Å². The fourth-order valence-electron chi connectivity index (χ4n) is 5.13. The Labute approximate surface area is 215 Å². The van der Waals surface area contributed by atoms with Gasteiger partial charge in [0.2, 0.25) is 6.79 Å². The summed E-state index contributed by atoms with van der Waals surface area (Å²) < 4.78 is 17.0. The first-order valence-corrected chi connectivity index (χ1v) is 13.4. The molecule has 1 aliphatic carbocycles. The molecule has 2 aromatic carbocycles. The number of rotatable bonds is 7. The molecule has 2 atom stereocenters. The van der Waals surface area contributed by atoms with E-state index in [9.17, 15) is 0 Å². The van der Waals surface area contributed by atoms with Crippen LogP contribution in [0.5, 0.6) is 11.5 Å². The molecular formula is C27H30ClN3O3S. The van der Waals surface area contributed by atoms with Crippen LogP contribution in [0.1, 0.15) is 61.6 Å². The summed E-state index contributed by atoms with van der Waals surface area (Å²) in [5, 5.41) is 9.29. The zero-order chi connectivity index (χ0) is 24.0. The first-order valence-electron chi connectivity index (χ1n) is 12.2. The van der Waals surface area contributed by atoms with Crippen molar-refractivity contribution in [1.29, 1.82) is 0 Å². The van der Waals surface area contributed by atoms with Crippen LogP contribution in [-0.4, -0.2) is 30.0 Å². The van der Waals surface area contributed by atoms with Crippen molar-refractivity contribution in [2.24, 2.45) is 0 Å². The third-order valence-corrected chi connectivity index (χ3v) is 8.47. The minimum absolute atomic E-state index is 0.0312. The predicted molar refractivity (Wildman–Crippen MR) is 139 cm³/mol. The number of fused-ring (bicyclic) bond motifs is 1. The van der Waals surface area contributed by atoms with Crippen LogP contribution in [-0.2, 0) is 10.3 Å². The molecular weight excluding hydrogens is 482 g/mol. The summed E-state index contributed by atoms with van der Waals surface area (Å²) in [5.41, 5.74) is 2.05. The molecule has 0 amide bonds. The molecule has 2 unspecified atom stereocenters. The lowest BCUT2D eigenvalue weighted by molar-refractivity contribution is -0.0637. The smallest absolute Gasteiger partial charge is 0.231 e. The topological polar surface area (TPSA) is 64.6 Å². The fourth-order valence-corrected chi connectivity index (χ4v) is 6.37. The molecule has 35 heavy (non-hydrogen) atoms. The fraction of sp³-hybridized carbons (Fsp3) is 0.444. The Bertz CT molecular complexity index is 1230. The summed E-state index contributed by atoms with van der Waals surface area (Å²) in [6, 6.07) is 14.6. The summed E-state index contributed by atoms with van der Waals surface area (Å²) in [5.74, 6) is 1.63. The van der Waals surface area contributed by atoms with Crippen molar-refractivity contribution in [1.82, 2.24) is 10.3 Å². The van der Waals surface area contributed by atoms with Crippen molar-refractivity contribution in [2.45, 2.75) is 62.8 Å². The van der Waals surface area contributed by atoms with Crippen molar-refractivity contribution in [2.75, 3.05) is 18.7 Å². The second kappa shape index (κ2) is 8.96. The van der Waals surface area contributed by atoms with Gasteiger partial charge in [0.15, 0.2) is 16.6 Å². The maximum absolute atomic E-state index is 6.67. The second-order valence-electron chi connectivity index (χ2n) is 10.3. The minimum atomic E-state index is -0.135. The van der Waals surface area contributed by atoms with Crippen LogP contribution in [0.4, 0.5) is 5.13 Å². The highest BCUT2D eigenvalue weighted by Crippen LogP contribution is 2.51. The van der Waals surface area contributed by atoms with Gasteiger partial charge in [-0.3, -0.25) is 0 Å². The Hall–Kier alpha value is -2.32. The van der Waals surface area contributed by atoms with Gasteiger partial charge in [0.1, 0.15) is 0 Å². The van der Waals surface area contributed by atoms with E-state index in [1.54, 1.807) is 11.3 Å². The van der Waals surface area contributed by atoms with E-state index < -0.39 is 0 Å². The first-order chi connectivity index (χ1) is 16.9. The zero-order valence-corrected chi connectivity index (χ0v) is 21.5. The van der Waals surface area contributed by atoms with Crippen LogP contribution in [0, 0.1) is 0 Å². The van der Waals surface area contributed by atoms with E-state index in [2.05, 4.69) is 42.7 Å². The van der Waals surface area contributed by atoms with Gasteiger partial charge in [-0.1, -0.05) is 35.9 Å². The first kappa shape index (κ1) is 23.1. The lowest BCUT2D eigenvalue weighted by atomic mass is 9.92.